The average molecular weight is 562 g/mol. The van der Waals surface area contributed by atoms with Crippen molar-refractivity contribution in [2.45, 2.75) is 80.7 Å². The highest BCUT2D eigenvalue weighted by Gasteiger charge is 2.29. The van der Waals surface area contributed by atoms with Crippen LogP contribution >= 0.6 is 20.4 Å². The predicted molar refractivity (Wildman–Crippen MR) is 147 cm³/mol. The predicted octanol–water partition coefficient (Wildman–Crippen LogP) is 3.00. The molecule has 1 amide bonds. The van der Waals surface area contributed by atoms with E-state index in [9.17, 15) is 14.7 Å². The fourth-order valence-electron chi connectivity index (χ4n) is 2.89. The van der Waals surface area contributed by atoms with E-state index in [-0.39, 0.29) is 23.2 Å². The molecule has 0 aliphatic rings. The van der Waals surface area contributed by atoms with E-state index < -0.39 is 33.1 Å². The van der Waals surface area contributed by atoms with E-state index in [1.54, 1.807) is 0 Å². The molecule has 1 unspecified atom stereocenters. The lowest BCUT2D eigenvalue weighted by atomic mass is 9.77. The standard InChI is InChI=1S/C14H28NO7PS.2C5H12O/c1-13(2,8-16)7-14(3,4)9-24-6-11(17)15-10(12(18)19)5-22-23(20)21;2*1-5(2)3-4-6/h10,16,20-21H,5-9H2,1-4H3,(H,15,17)(H,18,19);2*5-6H,3-4H2,1-2H3. The van der Waals surface area contributed by atoms with Gasteiger partial charge in [-0.05, 0) is 47.7 Å². The number of carbonyl (C=O) groups is 2. The quantitative estimate of drug-likeness (QED) is 0.139. The van der Waals surface area contributed by atoms with Gasteiger partial charge in [-0.3, -0.25) is 4.79 Å². The van der Waals surface area contributed by atoms with Crippen LogP contribution in [0.3, 0.4) is 0 Å². The number of thioether (sulfide) groups is 1. The first-order valence-corrected chi connectivity index (χ1v) is 14.5. The molecule has 0 fully saturated rings. The minimum atomic E-state index is -2.66. The lowest BCUT2D eigenvalue weighted by Gasteiger charge is -2.33. The van der Waals surface area contributed by atoms with Gasteiger partial charge in [0.2, 0.25) is 5.91 Å². The molecule has 12 heteroatoms. The molecule has 0 spiro atoms. The summed E-state index contributed by atoms with van der Waals surface area (Å²) in [4.78, 5) is 40.1. The van der Waals surface area contributed by atoms with Crippen LogP contribution in [0.1, 0.15) is 74.7 Å². The van der Waals surface area contributed by atoms with Gasteiger partial charge >= 0.3 is 14.6 Å². The lowest BCUT2D eigenvalue weighted by Crippen LogP contribution is -2.44. The van der Waals surface area contributed by atoms with Crippen molar-refractivity contribution in [2.24, 2.45) is 22.7 Å². The Morgan fingerprint density at radius 2 is 1.39 bits per heavy atom. The third kappa shape index (κ3) is 29.7. The summed E-state index contributed by atoms with van der Waals surface area (Å²) in [6.07, 6.45) is 2.65. The summed E-state index contributed by atoms with van der Waals surface area (Å²) >= 11 is 1.38. The van der Waals surface area contributed by atoms with Crippen LogP contribution in [-0.2, 0) is 14.1 Å². The molecule has 1 atom stereocenters. The first kappa shape index (κ1) is 40.0. The number of hydrogen-bond acceptors (Lipinski definition) is 9. The topological polar surface area (TPSA) is 177 Å². The third-order valence-corrected chi connectivity index (χ3v) is 6.35. The van der Waals surface area contributed by atoms with Crippen molar-refractivity contribution in [1.82, 2.24) is 5.32 Å². The van der Waals surface area contributed by atoms with Gasteiger partial charge < -0.3 is 40.1 Å². The molecule has 0 rings (SSSR count). The van der Waals surface area contributed by atoms with Gasteiger partial charge in [-0.1, -0.05) is 55.4 Å². The lowest BCUT2D eigenvalue weighted by molar-refractivity contribution is -0.142. The van der Waals surface area contributed by atoms with Gasteiger partial charge in [0.15, 0.2) is 6.04 Å². The number of nitrogens with one attached hydrogen (secondary N) is 1. The molecule has 0 bridgehead atoms. The zero-order chi connectivity index (χ0) is 28.9. The van der Waals surface area contributed by atoms with E-state index in [1.807, 2.05) is 27.7 Å². The Bertz CT molecular complexity index is 552. The van der Waals surface area contributed by atoms with Crippen LogP contribution in [0.2, 0.25) is 0 Å². The van der Waals surface area contributed by atoms with Crippen LogP contribution in [-0.4, -0.2) is 86.1 Å². The molecule has 36 heavy (non-hydrogen) atoms. The number of aliphatic carboxylic acids is 1. The fraction of sp³-hybridized carbons (Fsp3) is 0.917. The number of carboxylic acids is 1. The second-order valence-electron chi connectivity index (χ2n) is 11.0. The second-order valence-corrected chi connectivity index (χ2v) is 12.7. The number of rotatable bonds is 16. The molecule has 7 N–H and O–H groups in total. The summed E-state index contributed by atoms with van der Waals surface area (Å²) in [6, 6.07) is -1.33. The van der Waals surface area contributed by atoms with E-state index in [0.29, 0.717) is 30.8 Å². The number of carbonyl (C=O) groups excluding carboxylic acids is 1. The average Bonchev–Trinajstić information content (AvgIpc) is 2.70. The van der Waals surface area contributed by atoms with E-state index in [1.165, 1.54) is 11.8 Å². The first-order chi connectivity index (χ1) is 16.4. The molecule has 0 saturated heterocycles. The summed E-state index contributed by atoms with van der Waals surface area (Å²) in [6.45, 7) is 16.7. The Labute approximate surface area is 223 Å². The summed E-state index contributed by atoms with van der Waals surface area (Å²) in [7, 11) is -2.66. The molecule has 0 aromatic rings. The fourth-order valence-corrected chi connectivity index (χ4v) is 4.20. The molecule has 0 aromatic heterocycles. The monoisotopic (exact) mass is 561 g/mol. The molecule has 218 valence electrons. The molecule has 0 aliphatic heterocycles. The molecule has 0 heterocycles. The minimum absolute atomic E-state index is 0.0831. The van der Waals surface area contributed by atoms with Gasteiger partial charge in [0, 0.05) is 19.8 Å². The van der Waals surface area contributed by atoms with E-state index in [4.69, 9.17) is 25.1 Å². The van der Waals surface area contributed by atoms with Crippen molar-refractivity contribution >= 4 is 32.2 Å². The second kappa shape index (κ2) is 22.5. The Morgan fingerprint density at radius 1 is 0.917 bits per heavy atom. The molecule has 10 nitrogen and oxygen atoms in total. The zero-order valence-electron chi connectivity index (χ0n) is 23.4. The molecule has 0 saturated carbocycles. The van der Waals surface area contributed by atoms with Gasteiger partial charge in [-0.15, -0.1) is 0 Å². The molecule has 0 aliphatic carbocycles. The van der Waals surface area contributed by atoms with Gasteiger partial charge in [0.1, 0.15) is 0 Å². The van der Waals surface area contributed by atoms with Crippen LogP contribution in [0, 0.1) is 22.7 Å². The number of aliphatic hydroxyl groups is 3. The molecular formula is C24H52NO9PS. The minimum Gasteiger partial charge on any atom is -0.480 e. The maximum absolute atomic E-state index is 11.8. The zero-order valence-corrected chi connectivity index (χ0v) is 25.1. The summed E-state index contributed by atoms with van der Waals surface area (Å²) in [5, 5.41) is 37.1. The van der Waals surface area contributed by atoms with Crippen molar-refractivity contribution < 1.29 is 44.3 Å². The Hall–Kier alpha value is -0.520. The first-order valence-electron chi connectivity index (χ1n) is 12.2. The van der Waals surface area contributed by atoms with Gasteiger partial charge in [-0.25, -0.2) is 4.79 Å². The number of aliphatic hydroxyl groups excluding tert-OH is 3. The number of hydrogen-bond donors (Lipinski definition) is 7. The molecule has 0 radical (unpaired) electrons. The Kier molecular flexibility index (Phi) is 24.9. The number of carboxylic acid groups (broad SMARTS) is 1. The van der Waals surface area contributed by atoms with Crippen LogP contribution in [0.5, 0.6) is 0 Å². The van der Waals surface area contributed by atoms with E-state index >= 15 is 0 Å². The largest absolute Gasteiger partial charge is 0.480 e. The van der Waals surface area contributed by atoms with Crippen molar-refractivity contribution in [3.05, 3.63) is 0 Å². The maximum Gasteiger partial charge on any atom is 0.328 e. The van der Waals surface area contributed by atoms with Crippen molar-refractivity contribution in [3.63, 3.8) is 0 Å². The molecule has 0 aromatic carbocycles. The van der Waals surface area contributed by atoms with Gasteiger partial charge in [-0.2, -0.15) is 11.8 Å². The highest BCUT2D eigenvalue weighted by atomic mass is 32.2. The third-order valence-electron chi connectivity index (χ3n) is 4.51. The normalized spacial score (nSPS) is 12.6. The highest BCUT2D eigenvalue weighted by Crippen LogP contribution is 2.35. The van der Waals surface area contributed by atoms with Crippen LogP contribution in [0.4, 0.5) is 0 Å². The van der Waals surface area contributed by atoms with E-state index in [2.05, 4.69) is 37.5 Å². The van der Waals surface area contributed by atoms with Crippen molar-refractivity contribution in [3.8, 4) is 0 Å². The van der Waals surface area contributed by atoms with E-state index in [0.717, 1.165) is 19.3 Å². The number of amides is 1. The van der Waals surface area contributed by atoms with Crippen LogP contribution in [0.25, 0.3) is 0 Å². The Balaban J connectivity index is -0.000000742. The molecular weight excluding hydrogens is 509 g/mol. The summed E-state index contributed by atoms with van der Waals surface area (Å²) in [5.41, 5.74) is -0.291. The van der Waals surface area contributed by atoms with Gasteiger partial charge in [0.05, 0.1) is 12.4 Å². The van der Waals surface area contributed by atoms with Gasteiger partial charge in [0.25, 0.3) is 0 Å². The maximum atomic E-state index is 11.8. The Morgan fingerprint density at radius 3 is 1.69 bits per heavy atom. The SMILES string of the molecule is CC(C)(CO)CC(C)(C)CSCC(=O)NC(COP(O)O)C(=O)O.CC(C)CCO.CC(C)CCO. The summed E-state index contributed by atoms with van der Waals surface area (Å²) < 4.78 is 4.44. The van der Waals surface area contributed by atoms with Crippen LogP contribution < -0.4 is 5.32 Å². The van der Waals surface area contributed by atoms with Crippen molar-refractivity contribution in [2.75, 3.05) is 37.9 Å². The highest BCUT2D eigenvalue weighted by molar-refractivity contribution is 7.99. The van der Waals surface area contributed by atoms with Crippen molar-refractivity contribution in [1.29, 1.82) is 0 Å². The van der Waals surface area contributed by atoms with Crippen LogP contribution in [0.15, 0.2) is 0 Å². The smallest absolute Gasteiger partial charge is 0.328 e. The summed E-state index contributed by atoms with van der Waals surface area (Å²) in [5.74, 6) is 0.282.